The molecule has 0 spiro atoms. The highest BCUT2D eigenvalue weighted by Gasteiger charge is 2.18. The first-order valence-corrected chi connectivity index (χ1v) is 7.74. The average Bonchev–Trinajstić information content (AvgIpc) is 2.46. The van der Waals surface area contributed by atoms with Crippen molar-refractivity contribution in [3.63, 3.8) is 0 Å². The predicted octanol–water partition coefficient (Wildman–Crippen LogP) is 3.05. The van der Waals surface area contributed by atoms with Crippen molar-refractivity contribution >= 4 is 34.7 Å². The molecule has 1 amide bonds. The molecule has 1 unspecified atom stereocenters. The second-order valence-electron chi connectivity index (χ2n) is 4.79. The molecule has 0 fully saturated rings. The van der Waals surface area contributed by atoms with Crippen LogP contribution in [0.5, 0.6) is 5.75 Å². The van der Waals surface area contributed by atoms with E-state index in [1.165, 1.54) is 0 Å². The molecule has 6 heteroatoms. The molecule has 4 nitrogen and oxygen atoms in total. The van der Waals surface area contributed by atoms with Crippen LogP contribution in [0.15, 0.2) is 18.2 Å². The van der Waals surface area contributed by atoms with E-state index in [-0.39, 0.29) is 16.9 Å². The van der Waals surface area contributed by atoms with Crippen LogP contribution in [-0.2, 0) is 4.79 Å². The molecule has 21 heavy (non-hydrogen) atoms. The molecule has 0 radical (unpaired) electrons. The quantitative estimate of drug-likeness (QED) is 0.755. The molecule has 3 N–H and O–H groups in total. The summed E-state index contributed by atoms with van der Waals surface area (Å²) in [4.78, 5) is 12.3. The lowest BCUT2D eigenvalue weighted by Gasteiger charge is -2.20. The van der Waals surface area contributed by atoms with E-state index in [2.05, 4.69) is 5.32 Å². The molecule has 0 bridgehead atoms. The van der Waals surface area contributed by atoms with Crippen LogP contribution in [0, 0.1) is 0 Å². The zero-order valence-electron chi connectivity index (χ0n) is 12.5. The minimum atomic E-state index is -0.626. The molecule has 0 aliphatic carbocycles. The Balaban J connectivity index is 2.72. The number of halogens is 1. The van der Waals surface area contributed by atoms with Crippen molar-refractivity contribution in [2.24, 2.45) is 5.73 Å². The lowest BCUT2D eigenvalue weighted by molar-refractivity contribution is -0.128. The number of hydrogen-bond acceptors (Lipinski definition) is 3. The number of benzene rings is 1. The summed E-state index contributed by atoms with van der Waals surface area (Å²) in [6.07, 6.45) is 1.15. The van der Waals surface area contributed by atoms with Crippen molar-refractivity contribution in [1.82, 2.24) is 5.32 Å². The zero-order valence-corrected chi connectivity index (χ0v) is 14.1. The van der Waals surface area contributed by atoms with E-state index < -0.39 is 6.10 Å². The lowest BCUT2D eigenvalue weighted by Crippen LogP contribution is -2.42. The predicted molar refractivity (Wildman–Crippen MR) is 89.9 cm³/mol. The number of carbonyl (C=O) groups excluding carboxylic acids is 1. The molecular weight excluding hydrogens is 308 g/mol. The highest BCUT2D eigenvalue weighted by atomic mass is 35.5. The topological polar surface area (TPSA) is 64.3 Å². The van der Waals surface area contributed by atoms with Crippen LogP contribution in [0.25, 0.3) is 0 Å². The molecular formula is C15H21ClN2O2S. The minimum Gasteiger partial charge on any atom is -0.479 e. The maximum atomic E-state index is 12.0. The summed E-state index contributed by atoms with van der Waals surface area (Å²) in [7, 11) is 0. The average molecular weight is 329 g/mol. The van der Waals surface area contributed by atoms with Crippen molar-refractivity contribution in [2.75, 3.05) is 0 Å². The van der Waals surface area contributed by atoms with Gasteiger partial charge in [0, 0.05) is 11.6 Å². The van der Waals surface area contributed by atoms with Crippen molar-refractivity contribution in [3.05, 3.63) is 28.8 Å². The SMILES string of the molecule is CCC(CC)NC(=O)C(C)Oc1ccc(C(N)=S)cc1Cl. The number of amides is 1. The summed E-state index contributed by atoms with van der Waals surface area (Å²) in [5.74, 6) is 0.280. The Kier molecular flexibility index (Phi) is 6.92. The van der Waals surface area contributed by atoms with Crippen molar-refractivity contribution < 1.29 is 9.53 Å². The van der Waals surface area contributed by atoms with Gasteiger partial charge in [0.1, 0.15) is 10.7 Å². The van der Waals surface area contributed by atoms with Gasteiger partial charge in [0.25, 0.3) is 5.91 Å². The van der Waals surface area contributed by atoms with Crippen molar-refractivity contribution in [1.29, 1.82) is 0 Å². The molecule has 1 aromatic rings. The molecule has 1 rings (SSSR count). The number of carbonyl (C=O) groups is 1. The number of ether oxygens (including phenoxy) is 1. The molecule has 0 aliphatic rings. The van der Waals surface area contributed by atoms with E-state index in [9.17, 15) is 4.79 Å². The Bertz CT molecular complexity index is 518. The van der Waals surface area contributed by atoms with E-state index in [0.29, 0.717) is 16.3 Å². The Morgan fingerprint density at radius 2 is 2.05 bits per heavy atom. The summed E-state index contributed by atoms with van der Waals surface area (Å²) in [5, 5.41) is 3.31. The molecule has 116 valence electrons. The summed E-state index contributed by atoms with van der Waals surface area (Å²) in [6.45, 7) is 5.76. The van der Waals surface area contributed by atoms with Gasteiger partial charge in [-0.05, 0) is 38.0 Å². The number of hydrogen-bond donors (Lipinski definition) is 2. The lowest BCUT2D eigenvalue weighted by atomic mass is 10.1. The van der Waals surface area contributed by atoms with Crippen LogP contribution in [0.2, 0.25) is 5.02 Å². The fourth-order valence-corrected chi connectivity index (χ4v) is 2.16. The minimum absolute atomic E-state index is 0.154. The molecule has 0 saturated heterocycles. The third-order valence-electron chi connectivity index (χ3n) is 3.22. The van der Waals surface area contributed by atoms with Gasteiger partial charge in [-0.3, -0.25) is 4.79 Å². The van der Waals surface area contributed by atoms with Gasteiger partial charge in [-0.2, -0.15) is 0 Å². The van der Waals surface area contributed by atoms with Crippen LogP contribution in [0.4, 0.5) is 0 Å². The number of nitrogens with two attached hydrogens (primary N) is 1. The number of thiocarbonyl (C=S) groups is 1. The maximum Gasteiger partial charge on any atom is 0.260 e. The standard InChI is InChI=1S/C15H21ClN2O2S/c1-4-11(5-2)18-15(19)9(3)20-13-7-6-10(14(17)21)8-12(13)16/h6-9,11H,4-5H2,1-3H3,(H2,17,21)(H,18,19). The third kappa shape index (κ3) is 5.17. The van der Waals surface area contributed by atoms with Gasteiger partial charge in [-0.1, -0.05) is 37.7 Å². The Morgan fingerprint density at radius 3 is 2.52 bits per heavy atom. The molecule has 0 saturated carbocycles. The number of rotatable bonds is 7. The fourth-order valence-electron chi connectivity index (χ4n) is 1.80. The van der Waals surface area contributed by atoms with Crippen LogP contribution in [0.1, 0.15) is 39.2 Å². The van der Waals surface area contributed by atoms with Crippen LogP contribution < -0.4 is 15.8 Å². The van der Waals surface area contributed by atoms with Gasteiger partial charge in [0.15, 0.2) is 6.10 Å². The second-order valence-corrected chi connectivity index (χ2v) is 5.64. The van der Waals surface area contributed by atoms with E-state index in [4.69, 9.17) is 34.3 Å². The Hall–Kier alpha value is -1.33. The normalized spacial score (nSPS) is 12.0. The summed E-state index contributed by atoms with van der Waals surface area (Å²) in [6, 6.07) is 5.17. The first-order valence-electron chi connectivity index (χ1n) is 6.95. The highest BCUT2D eigenvalue weighted by Crippen LogP contribution is 2.26. The Labute approximate surface area is 136 Å². The first-order chi connectivity index (χ1) is 9.88. The largest absolute Gasteiger partial charge is 0.479 e. The third-order valence-corrected chi connectivity index (χ3v) is 3.75. The van der Waals surface area contributed by atoms with E-state index in [1.807, 2.05) is 13.8 Å². The summed E-state index contributed by atoms with van der Waals surface area (Å²) in [5.41, 5.74) is 6.20. The van der Waals surface area contributed by atoms with Gasteiger partial charge >= 0.3 is 0 Å². The maximum absolute atomic E-state index is 12.0. The van der Waals surface area contributed by atoms with Crippen LogP contribution in [-0.4, -0.2) is 23.0 Å². The van der Waals surface area contributed by atoms with Crippen molar-refractivity contribution in [3.8, 4) is 5.75 Å². The summed E-state index contributed by atoms with van der Waals surface area (Å²) < 4.78 is 5.60. The van der Waals surface area contributed by atoms with E-state index in [0.717, 1.165) is 12.8 Å². The highest BCUT2D eigenvalue weighted by molar-refractivity contribution is 7.80. The van der Waals surface area contributed by atoms with Crippen LogP contribution >= 0.6 is 23.8 Å². The molecule has 0 heterocycles. The molecule has 0 aromatic heterocycles. The van der Waals surface area contributed by atoms with E-state index in [1.54, 1.807) is 25.1 Å². The Morgan fingerprint density at radius 1 is 1.43 bits per heavy atom. The molecule has 0 aliphatic heterocycles. The van der Waals surface area contributed by atoms with Gasteiger partial charge in [-0.15, -0.1) is 0 Å². The van der Waals surface area contributed by atoms with Gasteiger partial charge in [0.05, 0.1) is 5.02 Å². The zero-order chi connectivity index (χ0) is 16.0. The number of nitrogens with one attached hydrogen (secondary N) is 1. The van der Waals surface area contributed by atoms with Crippen LogP contribution in [0.3, 0.4) is 0 Å². The fraction of sp³-hybridized carbons (Fsp3) is 0.467. The molecule has 1 atom stereocenters. The van der Waals surface area contributed by atoms with Crippen molar-refractivity contribution in [2.45, 2.75) is 45.8 Å². The summed E-state index contributed by atoms with van der Waals surface area (Å²) >= 11 is 11.0. The second kappa shape index (κ2) is 8.20. The molecule has 1 aromatic carbocycles. The smallest absolute Gasteiger partial charge is 0.260 e. The van der Waals surface area contributed by atoms with Gasteiger partial charge in [-0.25, -0.2) is 0 Å². The monoisotopic (exact) mass is 328 g/mol. The van der Waals surface area contributed by atoms with Gasteiger partial charge < -0.3 is 15.8 Å². The van der Waals surface area contributed by atoms with E-state index >= 15 is 0 Å². The van der Waals surface area contributed by atoms with Gasteiger partial charge in [0.2, 0.25) is 0 Å². The first kappa shape index (κ1) is 17.7.